The van der Waals surface area contributed by atoms with Crippen molar-refractivity contribution in [2.45, 2.75) is 110 Å². The van der Waals surface area contributed by atoms with Crippen LogP contribution in [0, 0.1) is 11.8 Å². The molecule has 0 spiro atoms. The summed E-state index contributed by atoms with van der Waals surface area (Å²) in [6, 6.07) is -5.51. The monoisotopic (exact) mass is 581 g/mol. The smallest absolute Gasteiger partial charge is 0.246 e. The number of aldehydes is 1. The number of carbonyl (C=O) groups is 7. The highest BCUT2D eigenvalue weighted by atomic mass is 16.2. The number of rotatable bonds is 16. The van der Waals surface area contributed by atoms with E-state index < -0.39 is 71.7 Å². The van der Waals surface area contributed by atoms with E-state index in [0.29, 0.717) is 32.1 Å². The second kappa shape index (κ2) is 16.7. The van der Waals surface area contributed by atoms with Crippen LogP contribution in [0.5, 0.6) is 0 Å². The molecular formula is C27H47N7O7. The number of hydrogen-bond acceptors (Lipinski definition) is 8. The lowest BCUT2D eigenvalue weighted by Crippen LogP contribution is -2.60. The summed E-state index contributed by atoms with van der Waals surface area (Å²) in [6.07, 6.45) is 1.91. The molecule has 6 amide bonds. The summed E-state index contributed by atoms with van der Waals surface area (Å²) in [5, 5.41) is 10.5. The van der Waals surface area contributed by atoms with Gasteiger partial charge in [0.1, 0.15) is 30.5 Å². The Morgan fingerprint density at radius 3 is 2.05 bits per heavy atom. The van der Waals surface area contributed by atoms with E-state index in [0.717, 1.165) is 0 Å². The third kappa shape index (κ3) is 10.7. The normalized spacial score (nSPS) is 19.2. The molecule has 0 saturated carbocycles. The number of nitrogens with two attached hydrogens (primary N) is 2. The molecule has 8 N–H and O–H groups in total. The number of nitrogens with one attached hydrogen (secondary N) is 4. The summed E-state index contributed by atoms with van der Waals surface area (Å²) in [6.45, 7) is 10.4. The van der Waals surface area contributed by atoms with Crippen molar-refractivity contribution < 1.29 is 33.6 Å². The molecule has 14 nitrogen and oxygen atoms in total. The molecule has 232 valence electrons. The zero-order chi connectivity index (χ0) is 31.4. The van der Waals surface area contributed by atoms with Gasteiger partial charge >= 0.3 is 0 Å². The Labute approximate surface area is 241 Å². The van der Waals surface area contributed by atoms with Gasteiger partial charge in [0.25, 0.3) is 0 Å². The molecule has 1 fully saturated rings. The first kappa shape index (κ1) is 35.5. The average molecular weight is 582 g/mol. The fourth-order valence-corrected chi connectivity index (χ4v) is 4.38. The quantitative estimate of drug-likeness (QED) is 0.117. The molecule has 0 unspecified atom stereocenters. The van der Waals surface area contributed by atoms with Crippen molar-refractivity contribution in [2.24, 2.45) is 23.3 Å². The van der Waals surface area contributed by atoms with Gasteiger partial charge < -0.3 is 42.4 Å². The molecule has 0 aliphatic carbocycles. The first-order chi connectivity index (χ1) is 19.1. The molecule has 0 radical (unpaired) electrons. The van der Waals surface area contributed by atoms with E-state index in [4.69, 9.17) is 11.5 Å². The van der Waals surface area contributed by atoms with Crippen molar-refractivity contribution in [1.29, 1.82) is 0 Å². The maximum Gasteiger partial charge on any atom is 0.246 e. The van der Waals surface area contributed by atoms with Gasteiger partial charge in [-0.3, -0.25) is 28.8 Å². The fraction of sp³-hybridized carbons (Fsp3) is 0.741. The van der Waals surface area contributed by atoms with Gasteiger partial charge in [0.15, 0.2) is 0 Å². The predicted molar refractivity (Wildman–Crippen MR) is 151 cm³/mol. The maximum absolute atomic E-state index is 13.4. The van der Waals surface area contributed by atoms with Crippen molar-refractivity contribution in [3.05, 3.63) is 0 Å². The largest absolute Gasteiger partial charge is 0.370 e. The van der Waals surface area contributed by atoms with Crippen LogP contribution in [-0.2, 0) is 33.6 Å². The first-order valence-corrected chi connectivity index (χ1v) is 14.2. The summed E-state index contributed by atoms with van der Waals surface area (Å²) in [4.78, 5) is 88.4. The van der Waals surface area contributed by atoms with Gasteiger partial charge in [-0.15, -0.1) is 0 Å². The summed E-state index contributed by atoms with van der Waals surface area (Å²) in [7, 11) is 0. The number of amides is 6. The van der Waals surface area contributed by atoms with E-state index in [-0.39, 0.29) is 24.7 Å². The molecule has 0 bridgehead atoms. The Hall–Kier alpha value is -3.55. The first-order valence-electron chi connectivity index (χ1n) is 14.2. The zero-order valence-electron chi connectivity index (χ0n) is 24.9. The molecule has 1 aliphatic heterocycles. The number of nitrogens with zero attached hydrogens (tertiary/aromatic N) is 1. The van der Waals surface area contributed by atoms with E-state index >= 15 is 0 Å². The molecule has 1 saturated heterocycles. The van der Waals surface area contributed by atoms with Crippen molar-refractivity contribution in [1.82, 2.24) is 26.2 Å². The maximum atomic E-state index is 13.4. The highest BCUT2D eigenvalue weighted by Crippen LogP contribution is 2.21. The van der Waals surface area contributed by atoms with Crippen LogP contribution in [0.2, 0.25) is 0 Å². The van der Waals surface area contributed by atoms with Gasteiger partial charge in [-0.25, -0.2) is 0 Å². The fourth-order valence-electron chi connectivity index (χ4n) is 4.38. The van der Waals surface area contributed by atoms with Gasteiger partial charge in [-0.2, -0.15) is 0 Å². The van der Waals surface area contributed by atoms with E-state index in [2.05, 4.69) is 21.3 Å². The predicted octanol–water partition coefficient (Wildman–Crippen LogP) is -1.55. The van der Waals surface area contributed by atoms with Crippen molar-refractivity contribution >= 4 is 41.7 Å². The van der Waals surface area contributed by atoms with Crippen LogP contribution < -0.4 is 32.7 Å². The van der Waals surface area contributed by atoms with E-state index in [1.54, 1.807) is 20.8 Å². The van der Waals surface area contributed by atoms with Gasteiger partial charge in [0, 0.05) is 13.0 Å². The van der Waals surface area contributed by atoms with Gasteiger partial charge in [-0.05, 0) is 44.9 Å². The molecule has 0 aromatic heterocycles. The topological polar surface area (TPSA) is 223 Å². The van der Waals surface area contributed by atoms with Gasteiger partial charge in [0.05, 0.1) is 12.1 Å². The number of carbonyl (C=O) groups excluding carboxylic acids is 7. The number of primary amides is 1. The minimum atomic E-state index is -1.05. The molecule has 14 heteroatoms. The van der Waals surface area contributed by atoms with Gasteiger partial charge in [-0.1, -0.05) is 34.1 Å². The molecule has 0 aromatic rings. The van der Waals surface area contributed by atoms with E-state index in [9.17, 15) is 33.6 Å². The number of likely N-dealkylation sites (tertiary alicyclic amines) is 1. The van der Waals surface area contributed by atoms with Crippen LogP contribution in [0.15, 0.2) is 0 Å². The Kier molecular flexibility index (Phi) is 14.4. The Morgan fingerprint density at radius 1 is 0.902 bits per heavy atom. The summed E-state index contributed by atoms with van der Waals surface area (Å²) >= 11 is 0. The van der Waals surface area contributed by atoms with Crippen LogP contribution in [0.1, 0.15) is 73.6 Å². The van der Waals surface area contributed by atoms with Crippen LogP contribution in [0.25, 0.3) is 0 Å². The summed E-state index contributed by atoms with van der Waals surface area (Å²) in [5.74, 6) is -3.81. The molecular weight excluding hydrogens is 534 g/mol. The molecule has 1 rings (SSSR count). The third-order valence-electron chi connectivity index (χ3n) is 7.22. The lowest BCUT2D eigenvalue weighted by atomic mass is 9.97. The molecule has 0 aromatic carbocycles. The highest BCUT2D eigenvalue weighted by Gasteiger charge is 2.40. The minimum Gasteiger partial charge on any atom is -0.370 e. The Morgan fingerprint density at radius 2 is 1.54 bits per heavy atom. The molecule has 41 heavy (non-hydrogen) atoms. The third-order valence-corrected chi connectivity index (χ3v) is 7.22. The second-order valence-electron chi connectivity index (χ2n) is 11.1. The standard InChI is InChI=1S/C27H47N7O7/c1-7-15(4)22(26(40)30-17(6)24(38)31-18(13-35)10-11-20(29)36)33-25(39)19-9-8-12-34(19)27(41)21(14(2)3)32-23(37)16(5)28/h13-19,21-22H,7-12,28H2,1-6H3,(H2,29,36)(H,30,40)(H,31,38)(H,32,37)(H,33,39)/t15-,16-,17-,18-,19-,21-,22-/m0/s1. The van der Waals surface area contributed by atoms with Gasteiger partial charge in [0.2, 0.25) is 35.4 Å². The zero-order valence-corrected chi connectivity index (χ0v) is 24.9. The van der Waals surface area contributed by atoms with Crippen LogP contribution in [0.3, 0.4) is 0 Å². The average Bonchev–Trinajstić information content (AvgIpc) is 3.41. The second-order valence-corrected chi connectivity index (χ2v) is 11.1. The molecule has 1 aliphatic rings. The lowest BCUT2D eigenvalue weighted by molar-refractivity contribution is -0.143. The summed E-state index contributed by atoms with van der Waals surface area (Å²) in [5.41, 5.74) is 10.7. The Bertz CT molecular complexity index is 972. The minimum absolute atomic E-state index is 0.0278. The highest BCUT2D eigenvalue weighted by molar-refractivity contribution is 5.96. The van der Waals surface area contributed by atoms with Crippen molar-refractivity contribution in [3.8, 4) is 0 Å². The molecule has 7 atom stereocenters. The van der Waals surface area contributed by atoms with Crippen LogP contribution in [0.4, 0.5) is 0 Å². The van der Waals surface area contributed by atoms with Crippen LogP contribution in [-0.4, -0.2) is 89.4 Å². The SMILES string of the molecule is CC[C@H](C)[C@H](NC(=O)[C@@H]1CCCN1C(=O)[C@@H](NC(=O)[C@H](C)N)C(C)C)C(=O)N[C@@H](C)C(=O)N[C@H](C=O)CCC(N)=O. The number of hydrogen-bond donors (Lipinski definition) is 6. The van der Waals surface area contributed by atoms with Crippen molar-refractivity contribution in [3.63, 3.8) is 0 Å². The van der Waals surface area contributed by atoms with Crippen molar-refractivity contribution in [2.75, 3.05) is 6.54 Å². The lowest BCUT2D eigenvalue weighted by Gasteiger charge is -2.32. The van der Waals surface area contributed by atoms with E-state index in [1.165, 1.54) is 18.7 Å². The summed E-state index contributed by atoms with van der Waals surface area (Å²) < 4.78 is 0. The Balaban J connectivity index is 2.97. The molecule has 1 heterocycles. The van der Waals surface area contributed by atoms with E-state index in [1.807, 2.05) is 6.92 Å². The van der Waals surface area contributed by atoms with Crippen LogP contribution >= 0.6 is 0 Å².